The van der Waals surface area contributed by atoms with Crippen LogP contribution in [0.25, 0.3) is 0 Å². The Kier molecular flexibility index (Phi) is 10.7. The van der Waals surface area contributed by atoms with E-state index in [4.69, 9.17) is 0 Å². The maximum atomic E-state index is 12.3. The second kappa shape index (κ2) is 11.4. The van der Waals surface area contributed by atoms with Gasteiger partial charge in [-0.05, 0) is 139 Å². The highest BCUT2D eigenvalue weighted by Gasteiger charge is 2.29. The van der Waals surface area contributed by atoms with Crippen LogP contribution in [0.2, 0.25) is 0 Å². The highest BCUT2D eigenvalue weighted by Crippen LogP contribution is 2.29. The lowest BCUT2D eigenvalue weighted by atomic mass is 9.84. The Bertz CT molecular complexity index is 1040. The largest absolute Gasteiger partial charge is 0.382 e. The van der Waals surface area contributed by atoms with Gasteiger partial charge in [0.1, 0.15) is 5.60 Å². The summed E-state index contributed by atoms with van der Waals surface area (Å²) < 4.78 is 0. The molecule has 3 nitrogen and oxygen atoms in total. The van der Waals surface area contributed by atoms with E-state index >= 15 is 0 Å². The number of aliphatic hydroxyl groups is 1. The van der Waals surface area contributed by atoms with Gasteiger partial charge in [0, 0.05) is 17.0 Å². The Morgan fingerprint density at radius 3 is 1.03 bits per heavy atom. The first-order valence-electron chi connectivity index (χ1n) is 11.8. The summed E-state index contributed by atoms with van der Waals surface area (Å²) >= 11 is 0. The van der Waals surface area contributed by atoms with Crippen LogP contribution in [0.3, 0.4) is 0 Å². The molecule has 34 heavy (non-hydrogen) atoms. The van der Waals surface area contributed by atoms with Crippen LogP contribution in [-0.2, 0) is 0 Å². The summed E-state index contributed by atoms with van der Waals surface area (Å²) in [4.78, 5) is 24.5. The summed E-state index contributed by atoms with van der Waals surface area (Å²) in [5, 5.41) is 9.89. The van der Waals surface area contributed by atoms with E-state index < -0.39 is 5.60 Å². The molecule has 0 spiro atoms. The normalized spacial score (nSPS) is 11.1. The van der Waals surface area contributed by atoms with Crippen LogP contribution in [-0.4, -0.2) is 22.3 Å². The highest BCUT2D eigenvalue weighted by atomic mass is 16.3. The minimum atomic E-state index is -1.32. The van der Waals surface area contributed by atoms with Gasteiger partial charge in [0.15, 0.2) is 11.6 Å². The van der Waals surface area contributed by atoms with Crippen LogP contribution < -0.4 is 0 Å². The van der Waals surface area contributed by atoms with Gasteiger partial charge in [0.25, 0.3) is 0 Å². The lowest BCUT2D eigenvalue weighted by molar-refractivity contribution is 0.0486. The number of rotatable bonds is 4. The third-order valence-electron chi connectivity index (χ3n) is 7.55. The Morgan fingerprint density at radius 2 is 0.794 bits per heavy atom. The van der Waals surface area contributed by atoms with Crippen LogP contribution in [0, 0.1) is 75.2 Å². The molecule has 0 aliphatic rings. The van der Waals surface area contributed by atoms with Crippen molar-refractivity contribution in [2.75, 3.05) is 0 Å². The van der Waals surface area contributed by atoms with E-state index in [1.807, 2.05) is 41.5 Å². The Balaban J connectivity index is 0.000000623. The average Bonchev–Trinajstić information content (AvgIpc) is 2.73. The van der Waals surface area contributed by atoms with E-state index in [0.29, 0.717) is 5.56 Å². The molecule has 3 heteroatoms. The average molecular weight is 469 g/mol. The first-order valence-corrected chi connectivity index (χ1v) is 11.8. The van der Waals surface area contributed by atoms with Crippen molar-refractivity contribution in [1.29, 1.82) is 0 Å². The number of hydrogen-bond donors (Lipinski definition) is 1. The Morgan fingerprint density at radius 1 is 0.559 bits per heavy atom. The standard InChI is InChI=1S/C15H22O2.C15H22O.CH4/c1-8-9(2)11(4)13(12(5)10(8)3)14(16)15(6,7)17;1-8(2)15(16)14-12(6)10(4)9(3)11(5)13(14)7;/h17H,1-7H3;8H,1-7H3;1H4. The second-order valence-electron chi connectivity index (χ2n) is 10.4. The van der Waals surface area contributed by atoms with Gasteiger partial charge in [-0.1, -0.05) is 21.3 Å². The molecule has 0 bridgehead atoms. The summed E-state index contributed by atoms with van der Waals surface area (Å²) in [5.41, 5.74) is 11.9. The zero-order valence-electron chi connectivity index (χ0n) is 23.3. The molecule has 0 saturated carbocycles. The number of Topliss-reactive ketones (excluding diaryl/α,β-unsaturated/α-hetero) is 2. The number of carbonyl (C=O) groups is 2. The van der Waals surface area contributed by atoms with Gasteiger partial charge in [0.2, 0.25) is 0 Å². The monoisotopic (exact) mass is 468 g/mol. The fourth-order valence-electron chi connectivity index (χ4n) is 4.30. The fraction of sp³-hybridized carbons (Fsp3) is 0.548. The number of hydrogen-bond acceptors (Lipinski definition) is 3. The molecule has 0 unspecified atom stereocenters. The van der Waals surface area contributed by atoms with Gasteiger partial charge < -0.3 is 5.11 Å². The molecule has 0 heterocycles. The maximum Gasteiger partial charge on any atom is 0.194 e. The van der Waals surface area contributed by atoms with Crippen LogP contribution in [0.5, 0.6) is 0 Å². The molecular formula is C31H48O3. The minimum Gasteiger partial charge on any atom is -0.382 e. The van der Waals surface area contributed by atoms with Crippen LogP contribution in [0.4, 0.5) is 0 Å². The van der Waals surface area contributed by atoms with Gasteiger partial charge in [-0.15, -0.1) is 0 Å². The second-order valence-corrected chi connectivity index (χ2v) is 10.4. The molecule has 0 aromatic heterocycles. The topological polar surface area (TPSA) is 54.4 Å². The molecule has 0 amide bonds. The number of carbonyl (C=O) groups excluding carboxylic acids is 2. The van der Waals surface area contributed by atoms with E-state index in [-0.39, 0.29) is 24.9 Å². The van der Waals surface area contributed by atoms with Crippen molar-refractivity contribution < 1.29 is 14.7 Å². The van der Waals surface area contributed by atoms with E-state index in [1.165, 1.54) is 22.3 Å². The van der Waals surface area contributed by atoms with Gasteiger partial charge in [0.05, 0.1) is 0 Å². The summed E-state index contributed by atoms with van der Waals surface area (Å²) in [7, 11) is 0. The summed E-state index contributed by atoms with van der Waals surface area (Å²) in [6.07, 6.45) is 0. The molecule has 0 fully saturated rings. The molecular weight excluding hydrogens is 420 g/mol. The molecule has 2 rings (SSSR count). The van der Waals surface area contributed by atoms with Crippen molar-refractivity contribution in [3.8, 4) is 0 Å². The van der Waals surface area contributed by atoms with Crippen molar-refractivity contribution >= 4 is 11.6 Å². The SMILES string of the molecule is C.Cc1c(C)c(C)c(C(=O)C(C)(C)O)c(C)c1C.Cc1c(C)c(C)c(C(=O)C(C)C)c(C)c1C. The van der Waals surface area contributed by atoms with Crippen LogP contribution in [0.1, 0.15) is 111 Å². The predicted molar refractivity (Wildman–Crippen MR) is 147 cm³/mol. The summed E-state index contributed by atoms with van der Waals surface area (Å²) in [6, 6.07) is 0. The van der Waals surface area contributed by atoms with E-state index in [9.17, 15) is 14.7 Å². The van der Waals surface area contributed by atoms with Crippen molar-refractivity contribution in [2.45, 2.75) is 110 Å². The van der Waals surface area contributed by atoms with Gasteiger partial charge >= 0.3 is 0 Å². The third kappa shape index (κ3) is 6.05. The van der Waals surface area contributed by atoms with Crippen molar-refractivity contribution in [3.63, 3.8) is 0 Å². The molecule has 0 aliphatic carbocycles. The minimum absolute atomic E-state index is 0. The third-order valence-corrected chi connectivity index (χ3v) is 7.55. The zero-order valence-corrected chi connectivity index (χ0v) is 23.3. The lowest BCUT2D eigenvalue weighted by Crippen LogP contribution is -2.32. The van der Waals surface area contributed by atoms with E-state index in [2.05, 4.69) is 41.5 Å². The van der Waals surface area contributed by atoms with Crippen LogP contribution in [0.15, 0.2) is 0 Å². The molecule has 1 N–H and O–H groups in total. The van der Waals surface area contributed by atoms with Gasteiger partial charge in [-0.3, -0.25) is 9.59 Å². The van der Waals surface area contributed by atoms with Gasteiger partial charge in [-0.25, -0.2) is 0 Å². The Hall–Kier alpha value is -2.26. The molecule has 0 radical (unpaired) electrons. The number of ketones is 2. The Labute approximate surface area is 209 Å². The summed E-state index contributed by atoms with van der Waals surface area (Å²) in [5.74, 6) is 0.138. The smallest absolute Gasteiger partial charge is 0.194 e. The molecule has 0 saturated heterocycles. The van der Waals surface area contributed by atoms with Crippen molar-refractivity contribution in [3.05, 3.63) is 66.8 Å². The highest BCUT2D eigenvalue weighted by molar-refractivity contribution is 6.04. The lowest BCUT2D eigenvalue weighted by Gasteiger charge is -2.22. The van der Waals surface area contributed by atoms with Crippen molar-refractivity contribution in [1.82, 2.24) is 0 Å². The van der Waals surface area contributed by atoms with Crippen molar-refractivity contribution in [2.24, 2.45) is 5.92 Å². The van der Waals surface area contributed by atoms with Crippen LogP contribution >= 0.6 is 0 Å². The fourth-order valence-corrected chi connectivity index (χ4v) is 4.30. The van der Waals surface area contributed by atoms with E-state index in [1.54, 1.807) is 13.8 Å². The number of benzene rings is 2. The molecule has 0 aliphatic heterocycles. The predicted octanol–water partition coefficient (Wildman–Crippen LogP) is 7.89. The zero-order chi connectivity index (χ0) is 26.2. The first kappa shape index (κ1) is 31.7. The molecule has 190 valence electrons. The maximum absolute atomic E-state index is 12.3. The molecule has 0 atom stereocenters. The molecule has 2 aromatic rings. The van der Waals surface area contributed by atoms with Gasteiger partial charge in [-0.2, -0.15) is 0 Å². The summed E-state index contributed by atoms with van der Waals surface area (Å²) in [6.45, 7) is 27.5. The van der Waals surface area contributed by atoms with E-state index in [0.717, 1.165) is 38.9 Å². The molecule has 2 aromatic carbocycles. The quantitative estimate of drug-likeness (QED) is 0.464. The first-order chi connectivity index (χ1) is 14.9.